The van der Waals surface area contributed by atoms with Gasteiger partial charge in [-0.2, -0.15) is 0 Å². The molecule has 0 aromatic carbocycles. The molecule has 1 N–H and O–H groups in total. The molecule has 1 saturated carbocycles. The summed E-state index contributed by atoms with van der Waals surface area (Å²) in [7, 11) is 0. The van der Waals surface area contributed by atoms with E-state index in [1.807, 2.05) is 6.92 Å². The number of nitrogens with one attached hydrogen (secondary N) is 1. The summed E-state index contributed by atoms with van der Waals surface area (Å²) in [4.78, 5) is 3.92. The predicted octanol–water partition coefficient (Wildman–Crippen LogP) is 3.64. The Morgan fingerprint density at radius 2 is 2.31 bits per heavy atom. The van der Waals surface area contributed by atoms with E-state index in [1.165, 1.54) is 0 Å². The highest BCUT2D eigenvalue weighted by Gasteiger charge is 2.39. The Balaban J connectivity index is 2.07. The molecule has 0 bridgehead atoms. The summed E-state index contributed by atoms with van der Waals surface area (Å²) < 4.78 is 26.0. The second-order valence-electron chi connectivity index (χ2n) is 4.26. The van der Waals surface area contributed by atoms with E-state index in [-0.39, 0.29) is 18.9 Å². The lowest BCUT2D eigenvalue weighted by Crippen LogP contribution is -2.19. The molecule has 1 unspecified atom stereocenters. The molecular weight excluding hydrogens is 234 g/mol. The first kappa shape index (κ1) is 11.6. The maximum Gasteiger partial charge on any atom is 0.250 e. The van der Waals surface area contributed by atoms with Crippen molar-refractivity contribution in [1.29, 1.82) is 0 Å². The number of hydrogen-bond donors (Lipinski definition) is 1. The molecule has 1 heterocycles. The first-order chi connectivity index (χ1) is 7.46. The average Bonchev–Trinajstić information content (AvgIpc) is 2.52. The summed E-state index contributed by atoms with van der Waals surface area (Å²) in [5, 5.41) is 3.47. The largest absolute Gasteiger partial charge is 0.382 e. The topological polar surface area (TPSA) is 24.9 Å². The second-order valence-corrected chi connectivity index (χ2v) is 4.65. The normalized spacial score (nSPS) is 23.4. The van der Waals surface area contributed by atoms with Crippen LogP contribution in [0.2, 0.25) is 5.15 Å². The molecule has 2 rings (SSSR count). The van der Waals surface area contributed by atoms with Gasteiger partial charge in [-0.25, -0.2) is 13.8 Å². The van der Waals surface area contributed by atoms with E-state index in [0.29, 0.717) is 11.6 Å². The fourth-order valence-corrected chi connectivity index (χ4v) is 2.10. The van der Waals surface area contributed by atoms with Crippen molar-refractivity contribution in [2.24, 2.45) is 0 Å². The molecule has 88 valence electrons. The van der Waals surface area contributed by atoms with Crippen molar-refractivity contribution >= 4 is 17.3 Å². The number of rotatable bonds is 2. The van der Waals surface area contributed by atoms with E-state index in [4.69, 9.17) is 11.6 Å². The maximum atomic E-state index is 13.0. The van der Waals surface area contributed by atoms with Crippen LogP contribution < -0.4 is 5.32 Å². The molecule has 1 aliphatic rings. The minimum atomic E-state index is -2.53. The van der Waals surface area contributed by atoms with Crippen molar-refractivity contribution in [3.8, 4) is 0 Å². The number of aryl methyl sites for hydroxylation is 1. The van der Waals surface area contributed by atoms with Gasteiger partial charge in [0.2, 0.25) is 5.92 Å². The van der Waals surface area contributed by atoms with Crippen LogP contribution in [-0.4, -0.2) is 16.9 Å². The van der Waals surface area contributed by atoms with Gasteiger partial charge in [0.1, 0.15) is 5.15 Å². The monoisotopic (exact) mass is 246 g/mol. The minimum Gasteiger partial charge on any atom is -0.382 e. The average molecular weight is 247 g/mol. The lowest BCUT2D eigenvalue weighted by atomic mass is 10.2. The lowest BCUT2D eigenvalue weighted by molar-refractivity contribution is 0.00852. The SMILES string of the molecule is Cc1cnc(Cl)cc1NC1CCC(F)(F)C1. The van der Waals surface area contributed by atoms with Gasteiger partial charge >= 0.3 is 0 Å². The number of hydrogen-bond acceptors (Lipinski definition) is 2. The summed E-state index contributed by atoms with van der Waals surface area (Å²) in [6.07, 6.45) is 1.99. The van der Waals surface area contributed by atoms with E-state index < -0.39 is 5.92 Å². The Morgan fingerprint density at radius 3 is 2.94 bits per heavy atom. The molecule has 1 aliphatic carbocycles. The highest BCUT2D eigenvalue weighted by Crippen LogP contribution is 2.36. The molecule has 0 saturated heterocycles. The number of nitrogens with zero attached hydrogens (tertiary/aromatic N) is 1. The Morgan fingerprint density at radius 1 is 1.56 bits per heavy atom. The van der Waals surface area contributed by atoms with Crippen molar-refractivity contribution < 1.29 is 8.78 Å². The minimum absolute atomic E-state index is 0.0392. The zero-order chi connectivity index (χ0) is 11.8. The second kappa shape index (κ2) is 4.17. The Labute approximate surface area is 98.0 Å². The molecule has 0 aliphatic heterocycles. The van der Waals surface area contributed by atoms with Gasteiger partial charge in [-0.15, -0.1) is 0 Å². The highest BCUT2D eigenvalue weighted by atomic mass is 35.5. The first-order valence-corrected chi connectivity index (χ1v) is 5.61. The van der Waals surface area contributed by atoms with Crippen LogP contribution in [0.25, 0.3) is 0 Å². The van der Waals surface area contributed by atoms with Crippen LogP contribution >= 0.6 is 11.6 Å². The van der Waals surface area contributed by atoms with Gasteiger partial charge in [0.15, 0.2) is 0 Å². The Kier molecular flexibility index (Phi) is 3.02. The molecule has 0 amide bonds. The lowest BCUT2D eigenvalue weighted by Gasteiger charge is -2.16. The molecule has 0 spiro atoms. The predicted molar refractivity (Wildman–Crippen MR) is 60.2 cm³/mol. The first-order valence-electron chi connectivity index (χ1n) is 5.23. The van der Waals surface area contributed by atoms with Crippen LogP contribution in [0, 0.1) is 6.92 Å². The zero-order valence-electron chi connectivity index (χ0n) is 8.93. The fourth-order valence-electron chi connectivity index (χ4n) is 1.95. The van der Waals surface area contributed by atoms with Gasteiger partial charge in [0.05, 0.1) is 0 Å². The van der Waals surface area contributed by atoms with Crippen molar-refractivity contribution in [1.82, 2.24) is 4.98 Å². The Hall–Kier alpha value is -0.900. The Bertz CT molecular complexity index is 396. The molecule has 5 heteroatoms. The summed E-state index contributed by atoms with van der Waals surface area (Å²) in [5.74, 6) is -2.53. The number of pyridine rings is 1. The van der Waals surface area contributed by atoms with E-state index in [2.05, 4.69) is 10.3 Å². The third-order valence-electron chi connectivity index (χ3n) is 2.83. The van der Waals surface area contributed by atoms with Gasteiger partial charge in [0, 0.05) is 30.8 Å². The maximum absolute atomic E-state index is 13.0. The molecular formula is C11H13ClF2N2. The van der Waals surface area contributed by atoms with Gasteiger partial charge in [-0.3, -0.25) is 0 Å². The fraction of sp³-hybridized carbons (Fsp3) is 0.545. The molecule has 1 aromatic heterocycles. The number of aromatic nitrogens is 1. The van der Waals surface area contributed by atoms with E-state index in [0.717, 1.165) is 11.3 Å². The summed E-state index contributed by atoms with van der Waals surface area (Å²) in [5.41, 5.74) is 1.71. The van der Waals surface area contributed by atoms with Gasteiger partial charge in [0.25, 0.3) is 0 Å². The van der Waals surface area contributed by atoms with Crippen LogP contribution in [0.1, 0.15) is 24.8 Å². The quantitative estimate of drug-likeness (QED) is 0.806. The van der Waals surface area contributed by atoms with Crippen LogP contribution in [0.5, 0.6) is 0 Å². The molecule has 2 nitrogen and oxygen atoms in total. The third kappa shape index (κ3) is 2.61. The summed E-state index contributed by atoms with van der Waals surface area (Å²) >= 11 is 5.76. The summed E-state index contributed by atoms with van der Waals surface area (Å²) in [6.45, 7) is 1.87. The van der Waals surface area contributed by atoms with Gasteiger partial charge in [-0.1, -0.05) is 11.6 Å². The smallest absolute Gasteiger partial charge is 0.250 e. The van der Waals surface area contributed by atoms with Crippen LogP contribution in [-0.2, 0) is 0 Å². The van der Waals surface area contributed by atoms with Gasteiger partial charge < -0.3 is 5.32 Å². The van der Waals surface area contributed by atoms with Crippen LogP contribution in [0.15, 0.2) is 12.3 Å². The summed E-state index contributed by atoms with van der Waals surface area (Å²) in [6, 6.07) is 1.50. The van der Waals surface area contributed by atoms with E-state index in [9.17, 15) is 8.78 Å². The number of anilines is 1. The molecule has 1 fully saturated rings. The molecule has 16 heavy (non-hydrogen) atoms. The van der Waals surface area contributed by atoms with Crippen molar-refractivity contribution in [3.05, 3.63) is 23.0 Å². The molecule has 1 aromatic rings. The molecule has 0 radical (unpaired) electrons. The van der Waals surface area contributed by atoms with E-state index >= 15 is 0 Å². The van der Waals surface area contributed by atoms with Crippen molar-refractivity contribution in [2.45, 2.75) is 38.2 Å². The van der Waals surface area contributed by atoms with Crippen molar-refractivity contribution in [3.63, 3.8) is 0 Å². The highest BCUT2D eigenvalue weighted by molar-refractivity contribution is 6.29. The molecule has 1 atom stereocenters. The number of halogens is 3. The van der Waals surface area contributed by atoms with E-state index in [1.54, 1.807) is 12.3 Å². The van der Waals surface area contributed by atoms with Gasteiger partial charge in [-0.05, 0) is 25.0 Å². The zero-order valence-corrected chi connectivity index (χ0v) is 9.69. The van der Waals surface area contributed by atoms with Crippen LogP contribution in [0.3, 0.4) is 0 Å². The standard InChI is InChI=1S/C11H13ClF2N2/c1-7-6-15-10(12)4-9(7)16-8-2-3-11(13,14)5-8/h4,6,8H,2-3,5H2,1H3,(H,15,16). The van der Waals surface area contributed by atoms with Crippen molar-refractivity contribution in [2.75, 3.05) is 5.32 Å². The third-order valence-corrected chi connectivity index (χ3v) is 3.04. The number of alkyl halides is 2. The van der Waals surface area contributed by atoms with Crippen LogP contribution in [0.4, 0.5) is 14.5 Å².